The maximum Gasteiger partial charge on any atom is 0.257 e. The van der Waals surface area contributed by atoms with E-state index in [4.69, 9.17) is 4.74 Å². The van der Waals surface area contributed by atoms with E-state index in [2.05, 4.69) is 25.9 Å². The van der Waals surface area contributed by atoms with Crippen molar-refractivity contribution >= 4 is 15.9 Å². The Balaban J connectivity index is 2.59. The second-order valence-electron chi connectivity index (χ2n) is 3.71. The molecule has 1 aromatic carbocycles. The molecule has 6 heteroatoms. The standard InChI is InChI=1S/C12H11BrN2O3/c1-6-11(16)14-10(15-12(6)17)8-4-3-7(18-2)5-9(8)13/h3-5H,1-2H3,(H2,14,15,16,17). The maximum absolute atomic E-state index is 11.6. The van der Waals surface area contributed by atoms with Gasteiger partial charge in [-0.15, -0.1) is 0 Å². The third-order valence-corrected chi connectivity index (χ3v) is 3.21. The zero-order valence-electron chi connectivity index (χ0n) is 9.82. The number of nitrogens with one attached hydrogen (secondary N) is 1. The Morgan fingerprint density at radius 3 is 2.72 bits per heavy atom. The molecule has 1 heterocycles. The van der Waals surface area contributed by atoms with Crippen molar-refractivity contribution in [2.75, 3.05) is 7.11 Å². The summed E-state index contributed by atoms with van der Waals surface area (Å²) in [5.41, 5.74) is 0.506. The lowest BCUT2D eigenvalue weighted by atomic mass is 10.2. The molecule has 0 unspecified atom stereocenters. The fourth-order valence-corrected chi connectivity index (χ4v) is 2.01. The van der Waals surface area contributed by atoms with Crippen molar-refractivity contribution in [3.8, 4) is 23.0 Å². The van der Waals surface area contributed by atoms with E-state index in [1.54, 1.807) is 25.3 Å². The van der Waals surface area contributed by atoms with Gasteiger partial charge in [-0.25, -0.2) is 0 Å². The van der Waals surface area contributed by atoms with Gasteiger partial charge in [0, 0.05) is 10.0 Å². The van der Waals surface area contributed by atoms with Crippen LogP contribution in [-0.4, -0.2) is 22.2 Å². The smallest absolute Gasteiger partial charge is 0.257 e. The number of rotatable bonds is 2. The first kappa shape index (κ1) is 12.6. The molecule has 0 spiro atoms. The van der Waals surface area contributed by atoms with Crippen molar-refractivity contribution in [2.24, 2.45) is 0 Å². The highest BCUT2D eigenvalue weighted by atomic mass is 79.9. The summed E-state index contributed by atoms with van der Waals surface area (Å²) < 4.78 is 5.80. The number of nitrogens with zero attached hydrogens (tertiary/aromatic N) is 1. The molecule has 1 aromatic heterocycles. The van der Waals surface area contributed by atoms with Gasteiger partial charge in [0.05, 0.1) is 12.7 Å². The predicted octanol–water partition coefficient (Wildman–Crippen LogP) is 2.22. The third kappa shape index (κ3) is 2.24. The summed E-state index contributed by atoms with van der Waals surface area (Å²) in [4.78, 5) is 18.1. The molecule has 0 saturated carbocycles. The minimum Gasteiger partial charge on any atom is -0.497 e. The molecule has 0 radical (unpaired) electrons. The molecule has 0 aliphatic carbocycles. The first-order valence-corrected chi connectivity index (χ1v) is 5.96. The lowest BCUT2D eigenvalue weighted by molar-refractivity contribution is 0.414. The van der Waals surface area contributed by atoms with Crippen LogP contribution in [0.1, 0.15) is 5.56 Å². The van der Waals surface area contributed by atoms with Crippen molar-refractivity contribution in [2.45, 2.75) is 6.92 Å². The van der Waals surface area contributed by atoms with Crippen LogP contribution in [0.15, 0.2) is 27.5 Å². The molecule has 18 heavy (non-hydrogen) atoms. The van der Waals surface area contributed by atoms with Gasteiger partial charge in [0.1, 0.15) is 11.6 Å². The van der Waals surface area contributed by atoms with Crippen LogP contribution in [0.2, 0.25) is 0 Å². The molecule has 5 nitrogen and oxygen atoms in total. The van der Waals surface area contributed by atoms with Crippen LogP contribution < -0.4 is 10.3 Å². The van der Waals surface area contributed by atoms with Crippen LogP contribution in [0, 0.1) is 6.92 Å². The fraction of sp³-hybridized carbons (Fsp3) is 0.167. The van der Waals surface area contributed by atoms with E-state index in [0.717, 1.165) is 0 Å². The molecular formula is C12H11BrN2O3. The average Bonchev–Trinajstić information content (AvgIpc) is 2.35. The Labute approximate surface area is 112 Å². The third-order valence-electron chi connectivity index (χ3n) is 2.56. The van der Waals surface area contributed by atoms with Crippen molar-refractivity contribution in [3.05, 3.63) is 38.6 Å². The molecule has 0 bridgehead atoms. The van der Waals surface area contributed by atoms with Gasteiger partial charge in [0.2, 0.25) is 5.88 Å². The number of halogens is 1. The van der Waals surface area contributed by atoms with Crippen molar-refractivity contribution in [3.63, 3.8) is 0 Å². The zero-order valence-corrected chi connectivity index (χ0v) is 11.4. The number of aromatic amines is 1. The van der Waals surface area contributed by atoms with E-state index in [9.17, 15) is 9.90 Å². The normalized spacial score (nSPS) is 10.4. The predicted molar refractivity (Wildman–Crippen MR) is 70.9 cm³/mol. The number of ether oxygens (including phenoxy) is 1. The SMILES string of the molecule is COc1ccc(-c2nc(O)c(C)c(=O)[nH]2)c(Br)c1. The quantitative estimate of drug-likeness (QED) is 0.892. The van der Waals surface area contributed by atoms with Crippen LogP contribution in [-0.2, 0) is 0 Å². The molecule has 0 aliphatic heterocycles. The minimum absolute atomic E-state index is 0.198. The largest absolute Gasteiger partial charge is 0.497 e. The molecule has 2 N–H and O–H groups in total. The van der Waals surface area contributed by atoms with E-state index >= 15 is 0 Å². The summed E-state index contributed by atoms with van der Waals surface area (Å²) in [7, 11) is 1.57. The van der Waals surface area contributed by atoms with Crippen LogP contribution in [0.5, 0.6) is 11.6 Å². The van der Waals surface area contributed by atoms with Crippen LogP contribution >= 0.6 is 15.9 Å². The van der Waals surface area contributed by atoms with Crippen LogP contribution in [0.3, 0.4) is 0 Å². The molecule has 94 valence electrons. The molecule has 2 aromatic rings. The van der Waals surface area contributed by atoms with Crippen LogP contribution in [0.25, 0.3) is 11.4 Å². The number of H-pyrrole nitrogens is 1. The number of hydrogen-bond acceptors (Lipinski definition) is 4. The van der Waals surface area contributed by atoms with Gasteiger partial charge < -0.3 is 14.8 Å². The van der Waals surface area contributed by atoms with E-state index in [0.29, 0.717) is 21.6 Å². The summed E-state index contributed by atoms with van der Waals surface area (Å²) in [6.45, 7) is 1.51. The van der Waals surface area contributed by atoms with E-state index in [-0.39, 0.29) is 17.0 Å². The molecule has 2 rings (SSSR count). The van der Waals surface area contributed by atoms with Gasteiger partial charge in [-0.2, -0.15) is 4.98 Å². The Hall–Kier alpha value is -1.82. The number of aromatic hydroxyl groups is 1. The van der Waals surface area contributed by atoms with Gasteiger partial charge in [-0.1, -0.05) is 0 Å². The highest BCUT2D eigenvalue weighted by molar-refractivity contribution is 9.10. The van der Waals surface area contributed by atoms with Crippen molar-refractivity contribution < 1.29 is 9.84 Å². The van der Waals surface area contributed by atoms with Crippen molar-refractivity contribution in [1.29, 1.82) is 0 Å². The van der Waals surface area contributed by atoms with Gasteiger partial charge in [0.25, 0.3) is 5.56 Å². The molecule has 0 fully saturated rings. The topological polar surface area (TPSA) is 75.2 Å². The number of hydrogen-bond donors (Lipinski definition) is 2. The van der Waals surface area contributed by atoms with E-state index in [1.807, 2.05) is 0 Å². The maximum atomic E-state index is 11.6. The van der Waals surface area contributed by atoms with Gasteiger partial charge in [0.15, 0.2) is 0 Å². The highest BCUT2D eigenvalue weighted by Gasteiger charge is 2.11. The van der Waals surface area contributed by atoms with Crippen LogP contribution in [0.4, 0.5) is 0 Å². The second-order valence-corrected chi connectivity index (χ2v) is 4.56. The lowest BCUT2D eigenvalue weighted by Gasteiger charge is -2.07. The van der Waals surface area contributed by atoms with E-state index < -0.39 is 0 Å². The van der Waals surface area contributed by atoms with E-state index in [1.165, 1.54) is 6.92 Å². The fourth-order valence-electron chi connectivity index (χ4n) is 1.46. The molecule has 0 amide bonds. The molecule has 0 atom stereocenters. The summed E-state index contributed by atoms with van der Waals surface area (Å²) in [5, 5.41) is 9.56. The molecule has 0 aliphatic rings. The number of aromatic nitrogens is 2. The first-order chi connectivity index (χ1) is 8.52. The lowest BCUT2D eigenvalue weighted by Crippen LogP contribution is -2.12. The highest BCUT2D eigenvalue weighted by Crippen LogP contribution is 2.29. The number of benzene rings is 1. The van der Waals surface area contributed by atoms with Gasteiger partial charge in [-0.05, 0) is 41.1 Å². The average molecular weight is 311 g/mol. The summed E-state index contributed by atoms with van der Waals surface area (Å²) in [6.07, 6.45) is 0. The Morgan fingerprint density at radius 2 is 2.17 bits per heavy atom. The Kier molecular flexibility index (Phi) is 3.38. The van der Waals surface area contributed by atoms with Crippen molar-refractivity contribution in [1.82, 2.24) is 9.97 Å². The molecule has 0 saturated heterocycles. The van der Waals surface area contributed by atoms with Gasteiger partial charge in [-0.3, -0.25) is 4.79 Å². The summed E-state index contributed by atoms with van der Waals surface area (Å²) >= 11 is 3.37. The number of methoxy groups -OCH3 is 1. The summed E-state index contributed by atoms with van der Waals surface area (Å²) in [6, 6.07) is 5.25. The second kappa shape index (κ2) is 4.81. The first-order valence-electron chi connectivity index (χ1n) is 5.16. The zero-order chi connectivity index (χ0) is 13.3. The Morgan fingerprint density at radius 1 is 1.44 bits per heavy atom. The van der Waals surface area contributed by atoms with Gasteiger partial charge >= 0.3 is 0 Å². The Bertz CT molecular complexity index is 652. The molecular weight excluding hydrogens is 300 g/mol. The monoisotopic (exact) mass is 310 g/mol. The summed E-state index contributed by atoms with van der Waals surface area (Å²) in [5.74, 6) is 0.721. The minimum atomic E-state index is -0.361.